The lowest BCUT2D eigenvalue weighted by molar-refractivity contribution is 0.579. The highest BCUT2D eigenvalue weighted by molar-refractivity contribution is 5.91. The van der Waals surface area contributed by atoms with Crippen LogP contribution in [-0.2, 0) is 0 Å². The van der Waals surface area contributed by atoms with Crippen molar-refractivity contribution in [2.75, 3.05) is 5.32 Å². The summed E-state index contributed by atoms with van der Waals surface area (Å²) >= 11 is 0. The molecular formula is C22H13F2N5O. The van der Waals surface area contributed by atoms with E-state index in [2.05, 4.69) is 25.5 Å². The van der Waals surface area contributed by atoms with Gasteiger partial charge in [-0.3, -0.25) is 0 Å². The van der Waals surface area contributed by atoms with E-state index in [1.807, 2.05) is 24.3 Å². The number of nitrogens with one attached hydrogen (secondary N) is 1. The summed E-state index contributed by atoms with van der Waals surface area (Å²) in [7, 11) is 0. The molecule has 0 bridgehead atoms. The van der Waals surface area contributed by atoms with Crippen molar-refractivity contribution in [1.29, 1.82) is 0 Å². The van der Waals surface area contributed by atoms with Crippen LogP contribution in [-0.4, -0.2) is 20.2 Å². The normalized spacial score (nSPS) is 11.0. The third-order valence-corrected chi connectivity index (χ3v) is 4.42. The van der Waals surface area contributed by atoms with Gasteiger partial charge in [0.1, 0.15) is 17.5 Å². The van der Waals surface area contributed by atoms with Gasteiger partial charge in [0.2, 0.25) is 11.7 Å². The number of hydrogen-bond donors (Lipinski definition) is 1. The summed E-state index contributed by atoms with van der Waals surface area (Å²) in [5.74, 6) is 0.431. The Morgan fingerprint density at radius 2 is 1.37 bits per heavy atom. The molecule has 0 amide bonds. The molecule has 5 aromatic rings. The first kappa shape index (κ1) is 17.9. The van der Waals surface area contributed by atoms with Crippen molar-refractivity contribution in [2.24, 2.45) is 0 Å². The maximum Gasteiger partial charge on any atom is 0.286 e. The maximum atomic E-state index is 13.2. The average Bonchev–Trinajstić information content (AvgIpc) is 3.26. The highest BCUT2D eigenvalue weighted by Crippen LogP contribution is 2.28. The molecule has 0 fully saturated rings. The number of para-hydroxylation sites is 1. The highest BCUT2D eigenvalue weighted by Gasteiger charge is 2.16. The molecule has 5 rings (SSSR count). The number of aromatic nitrogens is 4. The van der Waals surface area contributed by atoms with Gasteiger partial charge in [0.05, 0.1) is 5.52 Å². The predicted octanol–water partition coefficient (Wildman–Crippen LogP) is 5.37. The Morgan fingerprint density at radius 1 is 0.700 bits per heavy atom. The molecule has 0 aliphatic carbocycles. The third kappa shape index (κ3) is 3.46. The van der Waals surface area contributed by atoms with E-state index in [9.17, 15) is 8.78 Å². The van der Waals surface area contributed by atoms with E-state index >= 15 is 0 Å². The first-order chi connectivity index (χ1) is 14.7. The molecule has 8 heteroatoms. The van der Waals surface area contributed by atoms with Crippen LogP contribution in [0.1, 0.15) is 0 Å². The van der Waals surface area contributed by atoms with Crippen LogP contribution in [0, 0.1) is 11.6 Å². The Hall–Kier alpha value is -4.20. The zero-order chi connectivity index (χ0) is 20.5. The fraction of sp³-hybridized carbons (Fsp3) is 0. The van der Waals surface area contributed by atoms with Crippen LogP contribution in [0.2, 0.25) is 0 Å². The molecule has 30 heavy (non-hydrogen) atoms. The summed E-state index contributed by atoms with van der Waals surface area (Å²) in [6.45, 7) is 0. The van der Waals surface area contributed by atoms with Crippen molar-refractivity contribution in [3.63, 3.8) is 0 Å². The Labute approximate surface area is 169 Å². The first-order valence-electron chi connectivity index (χ1n) is 9.05. The molecule has 0 saturated carbocycles. The largest absolute Gasteiger partial charge is 0.413 e. The number of hydrogen-bond acceptors (Lipinski definition) is 6. The van der Waals surface area contributed by atoms with E-state index in [-0.39, 0.29) is 29.2 Å². The summed E-state index contributed by atoms with van der Waals surface area (Å²) in [5, 5.41) is 12.0. The predicted molar refractivity (Wildman–Crippen MR) is 108 cm³/mol. The number of benzene rings is 3. The van der Waals surface area contributed by atoms with E-state index in [1.54, 1.807) is 24.3 Å². The molecule has 6 nitrogen and oxygen atoms in total. The van der Waals surface area contributed by atoms with Crippen LogP contribution >= 0.6 is 0 Å². The molecule has 0 aliphatic heterocycles. The Kier molecular flexibility index (Phi) is 4.36. The lowest BCUT2D eigenvalue weighted by atomic mass is 10.2. The minimum Gasteiger partial charge on any atom is -0.413 e. The van der Waals surface area contributed by atoms with Crippen molar-refractivity contribution in [3.05, 3.63) is 84.4 Å². The molecule has 2 heterocycles. The summed E-state index contributed by atoms with van der Waals surface area (Å²) in [5.41, 5.74) is 1.93. The highest BCUT2D eigenvalue weighted by atomic mass is 19.1. The Balaban J connectivity index is 1.56. The zero-order valence-corrected chi connectivity index (χ0v) is 15.4. The van der Waals surface area contributed by atoms with Gasteiger partial charge in [-0.25, -0.2) is 18.7 Å². The van der Waals surface area contributed by atoms with Crippen molar-refractivity contribution < 1.29 is 13.2 Å². The molecule has 0 radical (unpaired) electrons. The lowest BCUT2D eigenvalue weighted by Gasteiger charge is -2.09. The summed E-state index contributed by atoms with van der Waals surface area (Å²) < 4.78 is 32.1. The lowest BCUT2D eigenvalue weighted by Crippen LogP contribution is -1.99. The maximum absolute atomic E-state index is 13.2. The number of nitrogens with zero attached hydrogens (tertiary/aromatic N) is 4. The number of rotatable bonds is 4. The van der Waals surface area contributed by atoms with Gasteiger partial charge in [-0.15, -0.1) is 10.2 Å². The molecule has 1 N–H and O–H groups in total. The van der Waals surface area contributed by atoms with Gasteiger partial charge in [0.15, 0.2) is 0 Å². The second kappa shape index (κ2) is 7.32. The molecule has 2 aromatic heterocycles. The molecule has 0 saturated heterocycles. The fourth-order valence-corrected chi connectivity index (χ4v) is 2.96. The summed E-state index contributed by atoms with van der Waals surface area (Å²) in [6, 6.07) is 19.1. The van der Waals surface area contributed by atoms with Crippen LogP contribution in [0.15, 0.2) is 77.2 Å². The van der Waals surface area contributed by atoms with Gasteiger partial charge in [-0.2, -0.15) is 0 Å². The van der Waals surface area contributed by atoms with Crippen molar-refractivity contribution in [2.45, 2.75) is 0 Å². The molecule has 0 spiro atoms. The molecule has 3 aromatic carbocycles. The minimum absolute atomic E-state index is 0.127. The first-order valence-corrected chi connectivity index (χ1v) is 9.05. The minimum atomic E-state index is -0.354. The van der Waals surface area contributed by atoms with Crippen molar-refractivity contribution in [1.82, 2.24) is 20.2 Å². The van der Waals surface area contributed by atoms with Gasteiger partial charge < -0.3 is 9.73 Å². The number of halogens is 2. The van der Waals surface area contributed by atoms with Gasteiger partial charge in [0.25, 0.3) is 5.89 Å². The standard InChI is InChI=1S/C22H13F2N5O/c23-14-7-5-13(6-8-14)21-28-29-22(30-21)20-26-18-4-2-1-3-17(18)19(27-20)25-16-11-9-15(24)10-12-16/h1-12H,(H,25,26,27). The van der Waals surface area contributed by atoms with E-state index in [0.29, 0.717) is 22.6 Å². The van der Waals surface area contributed by atoms with E-state index < -0.39 is 0 Å². The summed E-state index contributed by atoms with van der Waals surface area (Å²) in [6.07, 6.45) is 0. The quantitative estimate of drug-likeness (QED) is 0.436. The zero-order valence-electron chi connectivity index (χ0n) is 15.4. The van der Waals surface area contributed by atoms with E-state index in [0.717, 1.165) is 5.39 Å². The Bertz CT molecular complexity index is 1330. The van der Waals surface area contributed by atoms with Crippen LogP contribution < -0.4 is 5.32 Å². The van der Waals surface area contributed by atoms with Gasteiger partial charge in [-0.05, 0) is 60.7 Å². The molecular weight excluding hydrogens is 388 g/mol. The van der Waals surface area contributed by atoms with Crippen LogP contribution in [0.3, 0.4) is 0 Å². The monoisotopic (exact) mass is 401 g/mol. The molecule has 146 valence electrons. The second-order valence-corrected chi connectivity index (χ2v) is 6.46. The Morgan fingerprint density at radius 3 is 2.13 bits per heavy atom. The van der Waals surface area contributed by atoms with E-state index in [4.69, 9.17) is 4.42 Å². The van der Waals surface area contributed by atoms with Crippen molar-refractivity contribution in [3.8, 4) is 23.2 Å². The van der Waals surface area contributed by atoms with Crippen LogP contribution in [0.25, 0.3) is 34.1 Å². The smallest absolute Gasteiger partial charge is 0.286 e. The topological polar surface area (TPSA) is 76.7 Å². The SMILES string of the molecule is Fc1ccc(Nc2nc(-c3nnc(-c4ccc(F)cc4)o3)nc3ccccc23)cc1. The van der Waals surface area contributed by atoms with Crippen LogP contribution in [0.4, 0.5) is 20.3 Å². The number of fused-ring (bicyclic) bond motifs is 1. The van der Waals surface area contributed by atoms with Gasteiger partial charge in [0, 0.05) is 16.6 Å². The average molecular weight is 401 g/mol. The fourth-order valence-electron chi connectivity index (χ4n) is 2.96. The second-order valence-electron chi connectivity index (χ2n) is 6.46. The molecule has 0 unspecified atom stereocenters. The van der Waals surface area contributed by atoms with Crippen LogP contribution in [0.5, 0.6) is 0 Å². The van der Waals surface area contributed by atoms with Gasteiger partial charge in [-0.1, -0.05) is 12.1 Å². The third-order valence-electron chi connectivity index (χ3n) is 4.42. The number of anilines is 2. The van der Waals surface area contributed by atoms with E-state index in [1.165, 1.54) is 24.3 Å². The molecule has 0 atom stereocenters. The molecule has 0 aliphatic rings. The summed E-state index contributed by atoms with van der Waals surface area (Å²) in [4.78, 5) is 9.05. The van der Waals surface area contributed by atoms with Crippen molar-refractivity contribution >= 4 is 22.4 Å². The van der Waals surface area contributed by atoms with Gasteiger partial charge >= 0.3 is 0 Å².